The Kier molecular flexibility index (Phi) is 5.14. The zero-order chi connectivity index (χ0) is 21.3. The summed E-state index contributed by atoms with van der Waals surface area (Å²) >= 11 is 0. The Morgan fingerprint density at radius 3 is 2.30 bits per heavy atom. The van der Waals surface area contributed by atoms with E-state index in [9.17, 15) is 22.4 Å². The van der Waals surface area contributed by atoms with Gasteiger partial charge in [-0.1, -0.05) is 30.3 Å². The van der Waals surface area contributed by atoms with Crippen LogP contribution in [0.1, 0.15) is 16.3 Å². The minimum atomic E-state index is -1.71. The molecule has 0 bridgehead atoms. The van der Waals surface area contributed by atoms with Crippen LogP contribution in [0.15, 0.2) is 65.1 Å². The molecule has 0 aliphatic rings. The highest BCUT2D eigenvalue weighted by molar-refractivity contribution is 6.02. The number of ether oxygens (including phenoxy) is 1. The molecule has 0 fully saturated rings. The second-order valence-electron chi connectivity index (χ2n) is 6.36. The maximum absolute atomic E-state index is 13.7. The first-order valence-electron chi connectivity index (χ1n) is 8.77. The van der Waals surface area contributed by atoms with Gasteiger partial charge in [-0.15, -0.1) is 0 Å². The molecule has 0 saturated carbocycles. The van der Waals surface area contributed by atoms with E-state index >= 15 is 0 Å². The van der Waals surface area contributed by atoms with E-state index in [-0.39, 0.29) is 24.2 Å². The van der Waals surface area contributed by atoms with Crippen LogP contribution >= 0.6 is 0 Å². The quantitative estimate of drug-likeness (QED) is 0.330. The molecule has 4 aromatic rings. The first kappa shape index (κ1) is 19.5. The third kappa shape index (κ3) is 3.84. The predicted molar refractivity (Wildman–Crippen MR) is 101 cm³/mol. The largest absolute Gasteiger partial charge is 0.486 e. The molecule has 0 saturated heterocycles. The molecule has 1 heterocycles. The lowest BCUT2D eigenvalue weighted by atomic mass is 10.1. The third-order valence-electron chi connectivity index (χ3n) is 4.34. The van der Waals surface area contributed by atoms with Gasteiger partial charge in [-0.25, -0.2) is 17.6 Å². The Morgan fingerprint density at radius 1 is 0.867 bits per heavy atom. The minimum Gasteiger partial charge on any atom is -0.486 e. The highest BCUT2D eigenvalue weighted by Gasteiger charge is 2.22. The van der Waals surface area contributed by atoms with Gasteiger partial charge in [0.25, 0.3) is 5.91 Å². The Balaban J connectivity index is 1.45. The van der Waals surface area contributed by atoms with Crippen molar-refractivity contribution < 1.29 is 31.5 Å². The van der Waals surface area contributed by atoms with Crippen LogP contribution in [-0.2, 0) is 6.61 Å². The smallest absolute Gasteiger partial charge is 0.291 e. The van der Waals surface area contributed by atoms with Crippen molar-refractivity contribution in [3.8, 4) is 5.75 Å². The van der Waals surface area contributed by atoms with Crippen LogP contribution in [0.25, 0.3) is 10.8 Å². The Labute approximate surface area is 167 Å². The summed E-state index contributed by atoms with van der Waals surface area (Å²) in [4.78, 5) is 12.2. The predicted octanol–water partition coefficient (Wildman–Crippen LogP) is 5.82. The fraction of sp³-hybridized carbons (Fsp3) is 0.0455. The summed E-state index contributed by atoms with van der Waals surface area (Å²) in [6.45, 7) is -0.0110. The number of carbonyl (C=O) groups excluding carboxylic acids is 1. The SMILES string of the molecule is O=C(Nc1c(F)c(F)cc(F)c1F)c1ccc(COc2ccc3ccccc3c2)o1. The number of amides is 1. The number of rotatable bonds is 5. The average Bonchev–Trinajstić information content (AvgIpc) is 3.23. The van der Waals surface area contributed by atoms with Gasteiger partial charge in [0.1, 0.15) is 23.8 Å². The maximum atomic E-state index is 13.7. The van der Waals surface area contributed by atoms with E-state index in [1.807, 2.05) is 36.4 Å². The molecule has 0 radical (unpaired) electrons. The van der Waals surface area contributed by atoms with Crippen molar-refractivity contribution >= 4 is 22.4 Å². The maximum Gasteiger partial charge on any atom is 0.291 e. The van der Waals surface area contributed by atoms with E-state index in [0.717, 1.165) is 10.8 Å². The van der Waals surface area contributed by atoms with Crippen LogP contribution in [0.5, 0.6) is 5.75 Å². The number of halogens is 4. The number of anilines is 1. The van der Waals surface area contributed by atoms with Crippen molar-refractivity contribution in [1.29, 1.82) is 0 Å². The number of nitrogens with one attached hydrogen (secondary N) is 1. The van der Waals surface area contributed by atoms with E-state index in [1.165, 1.54) is 12.1 Å². The summed E-state index contributed by atoms with van der Waals surface area (Å²) in [5, 5.41) is 3.82. The molecular weight excluding hydrogens is 402 g/mol. The normalized spacial score (nSPS) is 10.9. The number of hydrogen-bond acceptors (Lipinski definition) is 3. The van der Waals surface area contributed by atoms with Gasteiger partial charge in [0.2, 0.25) is 0 Å². The lowest BCUT2D eigenvalue weighted by Gasteiger charge is -2.08. The van der Waals surface area contributed by atoms with Crippen molar-refractivity contribution in [2.45, 2.75) is 6.61 Å². The molecule has 0 aliphatic heterocycles. The Morgan fingerprint density at radius 2 is 1.57 bits per heavy atom. The van der Waals surface area contributed by atoms with E-state index in [4.69, 9.17) is 9.15 Å². The van der Waals surface area contributed by atoms with E-state index in [2.05, 4.69) is 0 Å². The van der Waals surface area contributed by atoms with Crippen LogP contribution in [-0.4, -0.2) is 5.91 Å². The fourth-order valence-corrected chi connectivity index (χ4v) is 2.85. The standard InChI is InChI=1S/C22H13F4NO3/c23-16-10-17(24)20(26)21(19(16)25)27-22(28)18-8-7-15(30-18)11-29-14-6-5-12-3-1-2-4-13(12)9-14/h1-10H,11H2,(H,27,28). The molecular formula is C22H13F4NO3. The second-order valence-corrected chi connectivity index (χ2v) is 6.36. The molecule has 152 valence electrons. The van der Waals surface area contributed by atoms with Gasteiger partial charge < -0.3 is 14.5 Å². The lowest BCUT2D eigenvalue weighted by molar-refractivity contribution is 0.0991. The van der Waals surface area contributed by atoms with Crippen LogP contribution in [0.2, 0.25) is 0 Å². The van der Waals surface area contributed by atoms with E-state index < -0.39 is 34.9 Å². The van der Waals surface area contributed by atoms with Gasteiger partial charge in [-0.05, 0) is 35.0 Å². The van der Waals surface area contributed by atoms with Gasteiger partial charge in [0.15, 0.2) is 29.0 Å². The summed E-state index contributed by atoms with van der Waals surface area (Å²) in [5.41, 5.74) is -1.23. The average molecular weight is 415 g/mol. The molecule has 0 atom stereocenters. The van der Waals surface area contributed by atoms with E-state index in [0.29, 0.717) is 5.75 Å². The second kappa shape index (κ2) is 7.90. The first-order valence-corrected chi connectivity index (χ1v) is 8.77. The molecule has 3 aromatic carbocycles. The molecule has 4 rings (SSSR count). The van der Waals surface area contributed by atoms with Gasteiger partial charge >= 0.3 is 0 Å². The first-order chi connectivity index (χ1) is 14.4. The Hall–Kier alpha value is -3.81. The molecule has 1 N–H and O–H groups in total. The number of furan rings is 1. The van der Waals surface area contributed by atoms with E-state index in [1.54, 1.807) is 11.4 Å². The zero-order valence-corrected chi connectivity index (χ0v) is 15.2. The molecule has 0 spiro atoms. The molecule has 30 heavy (non-hydrogen) atoms. The van der Waals surface area contributed by atoms with Gasteiger partial charge in [0, 0.05) is 6.07 Å². The summed E-state index contributed by atoms with van der Waals surface area (Å²) in [7, 11) is 0. The minimum absolute atomic E-state index is 0.0110. The number of fused-ring (bicyclic) bond motifs is 1. The highest BCUT2D eigenvalue weighted by atomic mass is 19.2. The van der Waals surface area contributed by atoms with Crippen molar-refractivity contribution in [1.82, 2.24) is 0 Å². The van der Waals surface area contributed by atoms with Crippen molar-refractivity contribution in [3.63, 3.8) is 0 Å². The van der Waals surface area contributed by atoms with Gasteiger partial charge in [-0.3, -0.25) is 4.79 Å². The van der Waals surface area contributed by atoms with Crippen molar-refractivity contribution in [2.24, 2.45) is 0 Å². The molecule has 0 unspecified atom stereocenters. The van der Waals surface area contributed by atoms with Crippen LogP contribution in [0.3, 0.4) is 0 Å². The van der Waals surface area contributed by atoms with Crippen LogP contribution in [0, 0.1) is 23.3 Å². The zero-order valence-electron chi connectivity index (χ0n) is 15.2. The number of carbonyl (C=O) groups is 1. The molecule has 1 aromatic heterocycles. The molecule has 1 amide bonds. The number of benzene rings is 3. The lowest BCUT2D eigenvalue weighted by Crippen LogP contribution is -2.15. The highest BCUT2D eigenvalue weighted by Crippen LogP contribution is 2.25. The Bertz CT molecular complexity index is 1230. The summed E-state index contributed by atoms with van der Waals surface area (Å²) in [6.07, 6.45) is 0. The summed E-state index contributed by atoms with van der Waals surface area (Å²) < 4.78 is 64.9. The summed E-state index contributed by atoms with van der Waals surface area (Å²) in [6, 6.07) is 16.0. The van der Waals surface area contributed by atoms with Crippen LogP contribution in [0.4, 0.5) is 23.2 Å². The molecule has 0 aliphatic carbocycles. The van der Waals surface area contributed by atoms with Crippen LogP contribution < -0.4 is 10.1 Å². The monoisotopic (exact) mass is 415 g/mol. The summed E-state index contributed by atoms with van der Waals surface area (Å²) in [5.74, 6) is -7.23. The van der Waals surface area contributed by atoms with Gasteiger partial charge in [0.05, 0.1) is 0 Å². The van der Waals surface area contributed by atoms with Crippen molar-refractivity contribution in [2.75, 3.05) is 5.32 Å². The topological polar surface area (TPSA) is 51.5 Å². The number of hydrogen-bond donors (Lipinski definition) is 1. The third-order valence-corrected chi connectivity index (χ3v) is 4.34. The molecule has 8 heteroatoms. The molecule has 4 nitrogen and oxygen atoms in total. The van der Waals surface area contributed by atoms with Crippen molar-refractivity contribution in [3.05, 3.63) is 95.5 Å². The van der Waals surface area contributed by atoms with Gasteiger partial charge in [-0.2, -0.15) is 0 Å². The fourth-order valence-electron chi connectivity index (χ4n) is 2.85.